The number of nitrogens with one attached hydrogen (secondary N) is 2. The fourth-order valence-electron chi connectivity index (χ4n) is 2.53. The van der Waals surface area contributed by atoms with Gasteiger partial charge < -0.3 is 20.3 Å². The first-order chi connectivity index (χ1) is 11.1. The first-order valence-electron chi connectivity index (χ1n) is 8.42. The smallest absolute Gasteiger partial charge is 0.131 e. The zero-order valence-corrected chi connectivity index (χ0v) is 14.6. The van der Waals surface area contributed by atoms with Crippen LogP contribution < -0.4 is 10.6 Å². The SMILES string of the molecule is Cc1nc(NCCCN(C)C)cc(NCCN2CCOCC2)n1. The van der Waals surface area contributed by atoms with E-state index < -0.39 is 0 Å². The van der Waals surface area contributed by atoms with Gasteiger partial charge >= 0.3 is 0 Å². The Hall–Kier alpha value is -1.44. The highest BCUT2D eigenvalue weighted by Crippen LogP contribution is 2.11. The van der Waals surface area contributed by atoms with E-state index in [1.165, 1.54) is 0 Å². The summed E-state index contributed by atoms with van der Waals surface area (Å²) in [7, 11) is 4.18. The van der Waals surface area contributed by atoms with Crippen LogP contribution in [0.2, 0.25) is 0 Å². The summed E-state index contributed by atoms with van der Waals surface area (Å²) in [5.41, 5.74) is 0. The van der Waals surface area contributed by atoms with Gasteiger partial charge in [0.15, 0.2) is 0 Å². The molecule has 2 rings (SSSR count). The lowest BCUT2D eigenvalue weighted by molar-refractivity contribution is 0.0398. The maximum atomic E-state index is 5.36. The summed E-state index contributed by atoms with van der Waals surface area (Å²) in [6.45, 7) is 9.53. The second-order valence-corrected chi connectivity index (χ2v) is 6.15. The van der Waals surface area contributed by atoms with Gasteiger partial charge in [-0.25, -0.2) is 9.97 Å². The fourth-order valence-corrected chi connectivity index (χ4v) is 2.53. The molecule has 23 heavy (non-hydrogen) atoms. The van der Waals surface area contributed by atoms with Gasteiger partial charge in [0, 0.05) is 38.8 Å². The Morgan fingerprint density at radius 3 is 2.43 bits per heavy atom. The van der Waals surface area contributed by atoms with E-state index >= 15 is 0 Å². The molecule has 0 aliphatic carbocycles. The highest BCUT2D eigenvalue weighted by Gasteiger charge is 2.09. The van der Waals surface area contributed by atoms with Gasteiger partial charge in [-0.1, -0.05) is 0 Å². The molecule has 7 nitrogen and oxygen atoms in total. The molecule has 0 bridgehead atoms. The number of nitrogens with zero attached hydrogens (tertiary/aromatic N) is 4. The molecule has 0 aromatic carbocycles. The van der Waals surface area contributed by atoms with Gasteiger partial charge in [0.1, 0.15) is 17.5 Å². The zero-order chi connectivity index (χ0) is 16.5. The number of aromatic nitrogens is 2. The average molecular weight is 322 g/mol. The number of rotatable bonds is 9. The predicted octanol–water partition coefficient (Wildman–Crippen LogP) is 0.893. The van der Waals surface area contributed by atoms with Crippen molar-refractivity contribution < 1.29 is 4.74 Å². The molecule has 0 saturated carbocycles. The molecule has 2 N–H and O–H groups in total. The summed E-state index contributed by atoms with van der Waals surface area (Å²) in [6.07, 6.45) is 1.09. The molecular formula is C16H30N6O. The molecule has 1 saturated heterocycles. The minimum atomic E-state index is 0.788. The van der Waals surface area contributed by atoms with Crippen molar-refractivity contribution in [3.8, 4) is 0 Å². The molecular weight excluding hydrogens is 292 g/mol. The highest BCUT2D eigenvalue weighted by molar-refractivity contribution is 5.47. The summed E-state index contributed by atoms with van der Waals surface area (Å²) in [5, 5.41) is 6.78. The summed E-state index contributed by atoms with van der Waals surface area (Å²) < 4.78 is 5.36. The summed E-state index contributed by atoms with van der Waals surface area (Å²) in [4.78, 5) is 13.5. The largest absolute Gasteiger partial charge is 0.379 e. The second kappa shape index (κ2) is 9.64. The third-order valence-corrected chi connectivity index (χ3v) is 3.76. The molecule has 130 valence electrons. The summed E-state index contributed by atoms with van der Waals surface area (Å²) in [6, 6.07) is 1.99. The fraction of sp³-hybridized carbons (Fsp3) is 0.750. The lowest BCUT2D eigenvalue weighted by atomic mass is 10.4. The number of morpholine rings is 1. The lowest BCUT2D eigenvalue weighted by Crippen LogP contribution is -2.39. The van der Waals surface area contributed by atoms with Crippen molar-refractivity contribution in [3.05, 3.63) is 11.9 Å². The Labute approximate surface area is 139 Å². The van der Waals surface area contributed by atoms with Gasteiger partial charge in [0.05, 0.1) is 13.2 Å². The van der Waals surface area contributed by atoms with E-state index in [1.807, 2.05) is 13.0 Å². The van der Waals surface area contributed by atoms with Crippen molar-refractivity contribution in [2.45, 2.75) is 13.3 Å². The summed E-state index contributed by atoms with van der Waals surface area (Å²) in [5.74, 6) is 2.57. The first kappa shape index (κ1) is 17.9. The van der Waals surface area contributed by atoms with Crippen LogP contribution in [-0.4, -0.2) is 86.3 Å². The van der Waals surface area contributed by atoms with Crippen LogP contribution >= 0.6 is 0 Å². The monoisotopic (exact) mass is 322 g/mol. The Bertz CT molecular complexity index is 462. The Balaban J connectivity index is 1.74. The average Bonchev–Trinajstić information content (AvgIpc) is 2.52. The van der Waals surface area contributed by atoms with Crippen LogP contribution in [-0.2, 0) is 4.74 Å². The molecule has 7 heteroatoms. The van der Waals surface area contributed by atoms with Crippen LogP contribution in [0.4, 0.5) is 11.6 Å². The van der Waals surface area contributed by atoms with Gasteiger partial charge in [0.2, 0.25) is 0 Å². The van der Waals surface area contributed by atoms with Gasteiger partial charge in [-0.3, -0.25) is 4.90 Å². The van der Waals surface area contributed by atoms with Crippen LogP contribution in [0, 0.1) is 6.92 Å². The second-order valence-electron chi connectivity index (χ2n) is 6.15. The molecule has 1 aromatic heterocycles. The van der Waals surface area contributed by atoms with E-state index in [2.05, 4.69) is 44.5 Å². The minimum Gasteiger partial charge on any atom is -0.379 e. The summed E-state index contributed by atoms with van der Waals surface area (Å²) >= 11 is 0. The zero-order valence-electron chi connectivity index (χ0n) is 14.6. The van der Waals surface area contributed by atoms with Crippen LogP contribution in [0.25, 0.3) is 0 Å². The van der Waals surface area contributed by atoms with E-state index in [0.29, 0.717) is 0 Å². The van der Waals surface area contributed by atoms with Crippen molar-refractivity contribution in [1.82, 2.24) is 19.8 Å². The van der Waals surface area contributed by atoms with Crippen LogP contribution in [0.1, 0.15) is 12.2 Å². The molecule has 1 aliphatic heterocycles. The van der Waals surface area contributed by atoms with Crippen LogP contribution in [0.3, 0.4) is 0 Å². The van der Waals surface area contributed by atoms with Crippen molar-refractivity contribution >= 4 is 11.6 Å². The highest BCUT2D eigenvalue weighted by atomic mass is 16.5. The molecule has 0 unspecified atom stereocenters. The molecule has 2 heterocycles. The Kier molecular flexibility index (Phi) is 7.51. The number of anilines is 2. The van der Waals surface area contributed by atoms with E-state index in [1.54, 1.807) is 0 Å². The number of hydrogen-bond donors (Lipinski definition) is 2. The Morgan fingerprint density at radius 1 is 1.13 bits per heavy atom. The number of ether oxygens (including phenoxy) is 1. The first-order valence-corrected chi connectivity index (χ1v) is 8.42. The molecule has 0 radical (unpaired) electrons. The van der Waals surface area contributed by atoms with Crippen molar-refractivity contribution in [3.63, 3.8) is 0 Å². The molecule has 0 amide bonds. The van der Waals surface area contributed by atoms with Crippen molar-refractivity contribution in [2.24, 2.45) is 0 Å². The molecule has 1 aromatic rings. The predicted molar refractivity (Wildman–Crippen MR) is 94.2 cm³/mol. The Morgan fingerprint density at radius 2 is 1.78 bits per heavy atom. The third-order valence-electron chi connectivity index (χ3n) is 3.76. The number of hydrogen-bond acceptors (Lipinski definition) is 7. The standard InChI is InChI=1S/C16H30N6O/c1-14-19-15(17-5-4-7-21(2)3)13-16(20-14)18-6-8-22-9-11-23-12-10-22/h13H,4-12H2,1-3H3,(H2,17,18,19,20). The quantitative estimate of drug-likeness (QED) is 0.655. The van der Waals surface area contributed by atoms with Gasteiger partial charge in [-0.05, 0) is 34.0 Å². The van der Waals surface area contributed by atoms with Crippen molar-refractivity contribution in [2.75, 3.05) is 77.2 Å². The third kappa shape index (κ3) is 7.11. The molecule has 1 fully saturated rings. The van der Waals surface area contributed by atoms with E-state index in [0.717, 1.165) is 76.4 Å². The number of aryl methyl sites for hydroxylation is 1. The maximum absolute atomic E-state index is 5.36. The minimum absolute atomic E-state index is 0.788. The molecule has 0 spiro atoms. The lowest BCUT2D eigenvalue weighted by Gasteiger charge is -2.26. The molecule has 1 aliphatic rings. The van der Waals surface area contributed by atoms with Crippen molar-refractivity contribution in [1.29, 1.82) is 0 Å². The van der Waals surface area contributed by atoms with Gasteiger partial charge in [-0.2, -0.15) is 0 Å². The topological polar surface area (TPSA) is 65.6 Å². The molecule has 0 atom stereocenters. The normalized spacial score (nSPS) is 15.8. The van der Waals surface area contributed by atoms with Crippen LogP contribution in [0.5, 0.6) is 0 Å². The van der Waals surface area contributed by atoms with Gasteiger partial charge in [0.25, 0.3) is 0 Å². The van der Waals surface area contributed by atoms with E-state index in [9.17, 15) is 0 Å². The maximum Gasteiger partial charge on any atom is 0.131 e. The van der Waals surface area contributed by atoms with Crippen LogP contribution in [0.15, 0.2) is 6.07 Å². The van der Waals surface area contributed by atoms with E-state index in [-0.39, 0.29) is 0 Å². The van der Waals surface area contributed by atoms with Gasteiger partial charge in [-0.15, -0.1) is 0 Å². The van der Waals surface area contributed by atoms with E-state index in [4.69, 9.17) is 4.74 Å².